The first-order valence-electron chi connectivity index (χ1n) is 8.43. The number of aromatic nitrogens is 2. The average Bonchev–Trinajstić information content (AvgIpc) is 2.92. The normalized spacial score (nSPS) is 22.8. The van der Waals surface area contributed by atoms with E-state index in [1.54, 1.807) is 0 Å². The van der Waals surface area contributed by atoms with E-state index in [1.165, 1.54) is 6.07 Å². The molecule has 2 atom stereocenters. The highest BCUT2D eigenvalue weighted by Gasteiger charge is 2.51. The van der Waals surface area contributed by atoms with Crippen molar-refractivity contribution in [3.05, 3.63) is 53.1 Å². The summed E-state index contributed by atoms with van der Waals surface area (Å²) in [6.45, 7) is 5.66. The largest absolute Gasteiger partial charge is 0.320 e. The minimum absolute atomic E-state index is 0.0245. The summed E-state index contributed by atoms with van der Waals surface area (Å²) in [7, 11) is 0. The number of benzene rings is 1. The minimum Gasteiger partial charge on any atom is -0.320 e. The van der Waals surface area contributed by atoms with Crippen molar-refractivity contribution in [1.29, 1.82) is 0 Å². The molecule has 2 unspecified atom stereocenters. The molecule has 1 aromatic carbocycles. The molecule has 0 radical (unpaired) electrons. The second-order valence-corrected chi connectivity index (χ2v) is 6.79. The van der Waals surface area contributed by atoms with Crippen LogP contribution in [0.5, 0.6) is 0 Å². The lowest BCUT2D eigenvalue weighted by molar-refractivity contribution is -0.123. The Bertz CT molecular complexity index is 784. The molecule has 1 heterocycles. The summed E-state index contributed by atoms with van der Waals surface area (Å²) in [6.07, 6.45) is 2.23. The summed E-state index contributed by atoms with van der Waals surface area (Å²) in [5.74, 6) is -1.63. The van der Waals surface area contributed by atoms with Gasteiger partial charge in [0.25, 0.3) is 0 Å². The van der Waals surface area contributed by atoms with Crippen molar-refractivity contribution in [1.82, 2.24) is 9.97 Å². The number of hydrogen-bond donors (Lipinski definition) is 1. The van der Waals surface area contributed by atoms with E-state index in [4.69, 9.17) is 0 Å². The zero-order chi connectivity index (χ0) is 18.2. The molecular formula is C19H21F2N3O. The Balaban J connectivity index is 2.06. The highest BCUT2D eigenvalue weighted by molar-refractivity contribution is 5.99. The van der Waals surface area contributed by atoms with Gasteiger partial charge in [0.05, 0.1) is 0 Å². The number of anilines is 1. The highest BCUT2D eigenvalue weighted by Crippen LogP contribution is 2.45. The Hall–Kier alpha value is -2.37. The number of amides is 1. The van der Waals surface area contributed by atoms with E-state index in [2.05, 4.69) is 15.3 Å². The minimum atomic E-state index is -0.981. The van der Waals surface area contributed by atoms with E-state index in [0.717, 1.165) is 36.4 Å². The Morgan fingerprint density at radius 1 is 1.20 bits per heavy atom. The smallest absolute Gasteiger partial charge is 0.238 e. The number of nitrogens with one attached hydrogen (secondary N) is 1. The van der Waals surface area contributed by atoms with Crippen molar-refractivity contribution in [3.8, 4) is 0 Å². The van der Waals surface area contributed by atoms with E-state index in [0.29, 0.717) is 12.2 Å². The first-order chi connectivity index (χ1) is 11.8. The number of carbonyl (C=O) groups excluding carboxylic acids is 1. The number of hydrogen-bond acceptors (Lipinski definition) is 3. The number of rotatable bonds is 3. The third kappa shape index (κ3) is 3.01. The van der Waals surface area contributed by atoms with Crippen molar-refractivity contribution in [2.75, 3.05) is 5.32 Å². The number of nitrogens with zero attached hydrogens (tertiary/aromatic N) is 2. The van der Waals surface area contributed by atoms with Gasteiger partial charge in [0, 0.05) is 11.4 Å². The number of para-hydroxylation sites is 1. The molecule has 0 saturated heterocycles. The van der Waals surface area contributed by atoms with Crippen LogP contribution < -0.4 is 5.32 Å². The van der Waals surface area contributed by atoms with E-state index >= 15 is 0 Å². The molecule has 1 fully saturated rings. The van der Waals surface area contributed by atoms with Gasteiger partial charge in [-0.3, -0.25) is 4.79 Å². The van der Waals surface area contributed by atoms with Crippen LogP contribution in [0.15, 0.2) is 24.3 Å². The summed E-state index contributed by atoms with van der Waals surface area (Å²) < 4.78 is 27.9. The van der Waals surface area contributed by atoms with E-state index in [-0.39, 0.29) is 5.92 Å². The van der Waals surface area contributed by atoms with Crippen molar-refractivity contribution in [3.63, 3.8) is 0 Å². The zero-order valence-corrected chi connectivity index (χ0v) is 14.6. The second kappa shape index (κ2) is 6.50. The topological polar surface area (TPSA) is 54.9 Å². The molecule has 25 heavy (non-hydrogen) atoms. The maximum absolute atomic E-state index is 14.0. The molecule has 0 aliphatic heterocycles. The number of carbonyl (C=O) groups is 1. The van der Waals surface area contributed by atoms with E-state index in [9.17, 15) is 13.6 Å². The molecule has 0 spiro atoms. The maximum Gasteiger partial charge on any atom is 0.238 e. The third-order valence-corrected chi connectivity index (χ3v) is 5.04. The molecule has 3 rings (SSSR count). The molecule has 6 heteroatoms. The third-order valence-electron chi connectivity index (χ3n) is 5.04. The van der Waals surface area contributed by atoms with Gasteiger partial charge in [-0.2, -0.15) is 0 Å². The summed E-state index contributed by atoms with van der Waals surface area (Å²) in [6, 6.07) is 5.35. The van der Waals surface area contributed by atoms with E-state index < -0.39 is 28.6 Å². The number of aryl methyl sites for hydroxylation is 2. The Kier molecular flexibility index (Phi) is 4.54. The van der Waals surface area contributed by atoms with Crippen LogP contribution in [0.3, 0.4) is 0 Å². The van der Waals surface area contributed by atoms with Gasteiger partial charge in [0.1, 0.15) is 28.6 Å². The zero-order valence-electron chi connectivity index (χ0n) is 14.6. The molecule has 132 valence electrons. The Morgan fingerprint density at radius 2 is 1.80 bits per heavy atom. The van der Waals surface area contributed by atoms with Gasteiger partial charge in [0.15, 0.2) is 0 Å². The Morgan fingerprint density at radius 3 is 2.32 bits per heavy atom. The number of halogens is 2. The van der Waals surface area contributed by atoms with Crippen LogP contribution in [0.4, 0.5) is 14.5 Å². The van der Waals surface area contributed by atoms with E-state index in [1.807, 2.05) is 26.8 Å². The van der Waals surface area contributed by atoms with Gasteiger partial charge >= 0.3 is 0 Å². The van der Waals surface area contributed by atoms with Crippen molar-refractivity contribution in [2.24, 2.45) is 5.92 Å². The predicted molar refractivity (Wildman–Crippen MR) is 91.2 cm³/mol. The SMILES string of the molecule is Cc1cc(C)nc(C2(C(=O)Nc3c(F)cccc3F)CCCC2C)n1. The van der Waals surface area contributed by atoms with Crippen LogP contribution in [0.2, 0.25) is 0 Å². The van der Waals surface area contributed by atoms with Gasteiger partial charge < -0.3 is 5.32 Å². The summed E-state index contributed by atoms with van der Waals surface area (Å²) in [5.41, 5.74) is 0.137. The van der Waals surface area contributed by atoms with Crippen molar-refractivity contribution in [2.45, 2.75) is 45.4 Å². The Labute approximate surface area is 145 Å². The molecule has 1 N–H and O–H groups in total. The van der Waals surface area contributed by atoms with Crippen molar-refractivity contribution >= 4 is 11.6 Å². The van der Waals surface area contributed by atoms with Crippen LogP contribution in [0.25, 0.3) is 0 Å². The first-order valence-corrected chi connectivity index (χ1v) is 8.43. The molecule has 1 saturated carbocycles. The second-order valence-electron chi connectivity index (χ2n) is 6.79. The van der Waals surface area contributed by atoms with Crippen LogP contribution in [0, 0.1) is 31.4 Å². The molecular weight excluding hydrogens is 324 g/mol. The summed E-state index contributed by atoms with van der Waals surface area (Å²) in [4.78, 5) is 22.1. The highest BCUT2D eigenvalue weighted by atomic mass is 19.1. The van der Waals surface area contributed by atoms with Crippen LogP contribution in [-0.4, -0.2) is 15.9 Å². The standard InChI is InChI=1S/C19H21F2N3O/c1-11-6-5-9-19(11,17-22-12(2)10-13(3)23-17)18(25)24-16-14(20)7-4-8-15(16)21/h4,7-8,10-11H,5-6,9H2,1-3H3,(H,24,25). The lowest BCUT2D eigenvalue weighted by Crippen LogP contribution is -2.44. The maximum atomic E-state index is 14.0. The lowest BCUT2D eigenvalue weighted by Gasteiger charge is -2.31. The molecule has 4 nitrogen and oxygen atoms in total. The van der Waals surface area contributed by atoms with Crippen LogP contribution in [0.1, 0.15) is 43.4 Å². The quantitative estimate of drug-likeness (QED) is 0.912. The fourth-order valence-corrected chi connectivity index (χ4v) is 3.72. The molecule has 0 bridgehead atoms. The van der Waals surface area contributed by atoms with Gasteiger partial charge in [-0.25, -0.2) is 18.7 Å². The summed E-state index contributed by atoms with van der Waals surface area (Å²) >= 11 is 0. The van der Waals surface area contributed by atoms with Gasteiger partial charge in [0.2, 0.25) is 5.91 Å². The monoisotopic (exact) mass is 345 g/mol. The first kappa shape index (κ1) is 17.5. The molecule has 1 amide bonds. The predicted octanol–water partition coefficient (Wildman–Crippen LogP) is 4.07. The fraction of sp³-hybridized carbons (Fsp3) is 0.421. The molecule has 1 aliphatic carbocycles. The molecule has 2 aromatic rings. The van der Waals surface area contributed by atoms with Gasteiger partial charge in [-0.15, -0.1) is 0 Å². The fourth-order valence-electron chi connectivity index (χ4n) is 3.72. The average molecular weight is 345 g/mol. The summed E-state index contributed by atoms with van der Waals surface area (Å²) in [5, 5.41) is 2.46. The molecule has 1 aromatic heterocycles. The van der Waals surface area contributed by atoms with Crippen molar-refractivity contribution < 1.29 is 13.6 Å². The van der Waals surface area contributed by atoms with Gasteiger partial charge in [-0.05, 0) is 50.8 Å². The van der Waals surface area contributed by atoms with Crippen LogP contribution >= 0.6 is 0 Å². The van der Waals surface area contributed by atoms with Crippen LogP contribution in [-0.2, 0) is 10.2 Å². The lowest BCUT2D eigenvalue weighted by atomic mass is 9.76. The molecule has 1 aliphatic rings. The van der Waals surface area contributed by atoms with Gasteiger partial charge in [-0.1, -0.05) is 19.4 Å².